The third-order valence-corrected chi connectivity index (χ3v) is 2.16. The first kappa shape index (κ1) is 8.17. The minimum atomic E-state index is 0.923. The van der Waals surface area contributed by atoms with E-state index in [1.165, 1.54) is 5.56 Å². The molecule has 1 radical (unpaired) electrons. The average Bonchev–Trinajstić information content (AvgIpc) is 2.17. The summed E-state index contributed by atoms with van der Waals surface area (Å²) >= 11 is 0. The molecule has 1 aromatic rings. The van der Waals surface area contributed by atoms with Gasteiger partial charge in [0.1, 0.15) is 5.84 Å². The Labute approximate surface area is 78.5 Å². The number of nitrogens with one attached hydrogen (secondary N) is 2. The van der Waals surface area contributed by atoms with E-state index in [1.54, 1.807) is 7.55 Å². The van der Waals surface area contributed by atoms with Gasteiger partial charge in [-0.2, -0.15) is 0 Å². The molecular formula is C9H11BN3. The smallest absolute Gasteiger partial charge is 0.410 e. The van der Waals surface area contributed by atoms with E-state index in [0.717, 1.165) is 17.1 Å². The Morgan fingerprint density at radius 3 is 3.08 bits per heavy atom. The van der Waals surface area contributed by atoms with Crippen LogP contribution in [0.3, 0.4) is 0 Å². The highest BCUT2D eigenvalue weighted by atomic mass is 15.0. The Bertz CT molecular complexity index is 360. The van der Waals surface area contributed by atoms with Crippen molar-refractivity contribution in [1.82, 2.24) is 5.32 Å². The van der Waals surface area contributed by atoms with Crippen LogP contribution >= 0.6 is 0 Å². The predicted molar refractivity (Wildman–Crippen MR) is 56.2 cm³/mol. The summed E-state index contributed by atoms with van der Waals surface area (Å²) in [6, 6.07) is 6.16. The lowest BCUT2D eigenvalue weighted by molar-refractivity contribution is 1.16. The summed E-state index contributed by atoms with van der Waals surface area (Å²) in [5, 5.41) is 6.19. The summed E-state index contributed by atoms with van der Waals surface area (Å²) in [6.45, 7) is 2.08. The number of nitrogens with zero attached hydrogens (tertiary/aromatic N) is 1. The molecule has 0 unspecified atom stereocenters. The monoisotopic (exact) mass is 172 g/mol. The Hall–Kier alpha value is -1.45. The molecule has 0 saturated carbocycles. The van der Waals surface area contributed by atoms with Gasteiger partial charge in [-0.1, -0.05) is 12.1 Å². The maximum atomic E-state index is 4.22. The summed E-state index contributed by atoms with van der Waals surface area (Å²) in [5.41, 5.74) is 3.50. The van der Waals surface area contributed by atoms with Crippen LogP contribution in [0.2, 0.25) is 0 Å². The van der Waals surface area contributed by atoms with E-state index in [1.807, 2.05) is 19.2 Å². The van der Waals surface area contributed by atoms with E-state index in [2.05, 4.69) is 28.4 Å². The molecule has 0 aromatic heterocycles. The lowest BCUT2D eigenvalue weighted by Gasteiger charge is -2.19. The summed E-state index contributed by atoms with van der Waals surface area (Å²) in [6.07, 6.45) is 0. The number of aryl methyl sites for hydroxylation is 1. The molecule has 2 N–H and O–H groups in total. The molecule has 0 amide bonds. The Morgan fingerprint density at radius 1 is 1.46 bits per heavy atom. The zero-order chi connectivity index (χ0) is 9.26. The molecule has 0 atom stereocenters. The van der Waals surface area contributed by atoms with Crippen LogP contribution in [0.1, 0.15) is 11.1 Å². The summed E-state index contributed by atoms with van der Waals surface area (Å²) in [5.74, 6) is 0.923. The number of anilines is 1. The number of rotatable bonds is 0. The van der Waals surface area contributed by atoms with Gasteiger partial charge in [-0.3, -0.25) is 0 Å². The predicted octanol–water partition coefficient (Wildman–Crippen LogP) is 0.921. The quantitative estimate of drug-likeness (QED) is 0.571. The number of hydrogen-bond acceptors (Lipinski definition) is 3. The number of amidine groups is 1. The molecule has 2 rings (SSSR count). The van der Waals surface area contributed by atoms with Crippen molar-refractivity contribution < 1.29 is 0 Å². The molecule has 1 heterocycles. The van der Waals surface area contributed by atoms with E-state index in [0.29, 0.717) is 0 Å². The van der Waals surface area contributed by atoms with Crippen LogP contribution < -0.4 is 10.5 Å². The third kappa shape index (κ3) is 1.28. The molecular weight excluding hydrogens is 161 g/mol. The SMILES string of the molecule is CNC1=N[B]Nc2cccc(C)c21. The number of fused-ring (bicyclic) bond motifs is 1. The van der Waals surface area contributed by atoms with E-state index < -0.39 is 0 Å². The normalized spacial score (nSPS) is 13.5. The molecule has 1 aliphatic heterocycles. The molecule has 13 heavy (non-hydrogen) atoms. The van der Waals surface area contributed by atoms with Crippen molar-refractivity contribution in [1.29, 1.82) is 0 Å². The maximum absolute atomic E-state index is 4.22. The van der Waals surface area contributed by atoms with Gasteiger partial charge in [0.2, 0.25) is 0 Å². The van der Waals surface area contributed by atoms with Crippen molar-refractivity contribution in [2.75, 3.05) is 12.3 Å². The molecule has 65 valence electrons. The average molecular weight is 172 g/mol. The van der Waals surface area contributed by atoms with E-state index in [4.69, 9.17) is 0 Å². The number of hydrogen-bond donors (Lipinski definition) is 2. The van der Waals surface area contributed by atoms with E-state index in [-0.39, 0.29) is 0 Å². The largest absolute Gasteiger partial charge is 0.410 e. The van der Waals surface area contributed by atoms with Crippen molar-refractivity contribution in [3.05, 3.63) is 29.3 Å². The van der Waals surface area contributed by atoms with Crippen LogP contribution in [-0.2, 0) is 0 Å². The van der Waals surface area contributed by atoms with Crippen molar-refractivity contribution in [2.45, 2.75) is 6.92 Å². The Morgan fingerprint density at radius 2 is 2.31 bits per heavy atom. The second-order valence-electron chi connectivity index (χ2n) is 3.00. The molecule has 0 aliphatic carbocycles. The molecule has 4 heteroatoms. The summed E-state index contributed by atoms with van der Waals surface area (Å²) in [7, 11) is 3.59. The first-order valence-electron chi connectivity index (χ1n) is 4.26. The van der Waals surface area contributed by atoms with Crippen LogP contribution in [-0.4, -0.2) is 20.4 Å². The van der Waals surface area contributed by atoms with Gasteiger partial charge in [-0.05, 0) is 18.6 Å². The van der Waals surface area contributed by atoms with Gasteiger partial charge in [0.15, 0.2) is 0 Å². The second kappa shape index (κ2) is 3.13. The van der Waals surface area contributed by atoms with Crippen molar-refractivity contribution in [3.8, 4) is 0 Å². The lowest BCUT2D eigenvalue weighted by Crippen LogP contribution is -2.28. The van der Waals surface area contributed by atoms with Crippen molar-refractivity contribution in [2.24, 2.45) is 4.90 Å². The Balaban J connectivity index is 2.57. The minimum absolute atomic E-state index is 0.923. The van der Waals surface area contributed by atoms with E-state index >= 15 is 0 Å². The van der Waals surface area contributed by atoms with Gasteiger partial charge in [0.05, 0.1) is 0 Å². The topological polar surface area (TPSA) is 36.4 Å². The van der Waals surface area contributed by atoms with Crippen LogP contribution in [0.5, 0.6) is 0 Å². The van der Waals surface area contributed by atoms with Gasteiger partial charge >= 0.3 is 7.55 Å². The molecule has 3 nitrogen and oxygen atoms in total. The minimum Gasteiger partial charge on any atom is -0.410 e. The number of benzene rings is 1. The molecule has 0 saturated heterocycles. The van der Waals surface area contributed by atoms with Gasteiger partial charge < -0.3 is 15.4 Å². The van der Waals surface area contributed by atoms with Gasteiger partial charge in [-0.25, -0.2) is 0 Å². The zero-order valence-corrected chi connectivity index (χ0v) is 7.76. The molecule has 0 bridgehead atoms. The molecule has 1 aliphatic rings. The molecule has 0 fully saturated rings. The second-order valence-corrected chi connectivity index (χ2v) is 3.00. The molecule has 0 spiro atoms. The molecule has 1 aromatic carbocycles. The van der Waals surface area contributed by atoms with Crippen molar-refractivity contribution in [3.63, 3.8) is 0 Å². The van der Waals surface area contributed by atoms with Crippen molar-refractivity contribution >= 4 is 19.1 Å². The standard InChI is InChI=1S/C9H11BN3/c1-6-4-3-5-7-8(6)9(11-2)13-10-12-7/h3-5,12H,1-2H3,(H,11,13). The van der Waals surface area contributed by atoms with Crippen LogP contribution in [0.15, 0.2) is 23.1 Å². The fourth-order valence-electron chi connectivity index (χ4n) is 1.52. The fourth-order valence-corrected chi connectivity index (χ4v) is 1.52. The van der Waals surface area contributed by atoms with E-state index in [9.17, 15) is 0 Å². The first-order chi connectivity index (χ1) is 6.33. The van der Waals surface area contributed by atoms with Crippen LogP contribution in [0.25, 0.3) is 0 Å². The fraction of sp³-hybridized carbons (Fsp3) is 0.222. The highest BCUT2D eigenvalue weighted by molar-refractivity contribution is 6.44. The highest BCUT2D eigenvalue weighted by Crippen LogP contribution is 2.21. The van der Waals surface area contributed by atoms with Gasteiger partial charge in [0.25, 0.3) is 0 Å². The first-order valence-corrected chi connectivity index (χ1v) is 4.26. The zero-order valence-electron chi connectivity index (χ0n) is 7.76. The maximum Gasteiger partial charge on any atom is 0.410 e. The van der Waals surface area contributed by atoms with Crippen LogP contribution in [0, 0.1) is 6.92 Å². The van der Waals surface area contributed by atoms with Crippen LogP contribution in [0.4, 0.5) is 5.69 Å². The lowest BCUT2D eigenvalue weighted by atomic mass is 9.98. The Kier molecular flexibility index (Phi) is 1.96. The summed E-state index contributed by atoms with van der Waals surface area (Å²) in [4.78, 5) is 4.22. The highest BCUT2D eigenvalue weighted by Gasteiger charge is 2.14. The van der Waals surface area contributed by atoms with Gasteiger partial charge in [-0.15, -0.1) is 0 Å². The third-order valence-electron chi connectivity index (χ3n) is 2.16. The van der Waals surface area contributed by atoms with Gasteiger partial charge in [0, 0.05) is 18.3 Å². The summed E-state index contributed by atoms with van der Waals surface area (Å²) < 4.78 is 0.